The van der Waals surface area contributed by atoms with Crippen LogP contribution in [0.25, 0.3) is 0 Å². The fraction of sp³-hybridized carbons (Fsp3) is 0.429. The monoisotopic (exact) mass is 220 g/mol. The van der Waals surface area contributed by atoms with E-state index in [0.29, 0.717) is 0 Å². The van der Waals surface area contributed by atoms with Gasteiger partial charge in [-0.2, -0.15) is 0 Å². The highest BCUT2D eigenvalue weighted by Gasteiger charge is 2.30. The van der Waals surface area contributed by atoms with Crippen molar-refractivity contribution < 1.29 is 0 Å². The number of halogens is 1. The summed E-state index contributed by atoms with van der Waals surface area (Å²) >= 11 is 5.91. The summed E-state index contributed by atoms with van der Waals surface area (Å²) in [7, 11) is 0. The van der Waals surface area contributed by atoms with E-state index in [1.54, 1.807) is 0 Å². The van der Waals surface area contributed by atoms with Crippen LogP contribution in [0.4, 0.5) is 0 Å². The van der Waals surface area contributed by atoms with Gasteiger partial charge in [-0.1, -0.05) is 49.1 Å². The summed E-state index contributed by atoms with van der Waals surface area (Å²) in [5, 5.41) is 0.814. The van der Waals surface area contributed by atoms with E-state index in [1.807, 2.05) is 12.1 Å². The fourth-order valence-electron chi connectivity index (χ4n) is 2.58. The van der Waals surface area contributed by atoms with Crippen LogP contribution in [-0.2, 0) is 5.41 Å². The van der Waals surface area contributed by atoms with Crippen LogP contribution in [0.15, 0.2) is 36.9 Å². The van der Waals surface area contributed by atoms with E-state index in [2.05, 4.69) is 24.8 Å². The maximum absolute atomic E-state index is 5.91. The zero-order chi connectivity index (χ0) is 10.7. The van der Waals surface area contributed by atoms with E-state index in [0.717, 1.165) is 5.02 Å². The van der Waals surface area contributed by atoms with Crippen molar-refractivity contribution in [2.24, 2.45) is 0 Å². The van der Waals surface area contributed by atoms with Crippen LogP contribution >= 0.6 is 11.6 Å². The molecular weight excluding hydrogens is 204 g/mol. The van der Waals surface area contributed by atoms with E-state index < -0.39 is 0 Å². The molecule has 1 heteroatoms. The Morgan fingerprint density at radius 1 is 1.07 bits per heavy atom. The van der Waals surface area contributed by atoms with Gasteiger partial charge >= 0.3 is 0 Å². The lowest BCUT2D eigenvalue weighted by molar-refractivity contribution is 0.358. The molecule has 0 amide bonds. The average Bonchev–Trinajstić information content (AvgIpc) is 2.31. The van der Waals surface area contributed by atoms with E-state index in [9.17, 15) is 0 Å². The second-order valence-corrected chi connectivity index (χ2v) is 4.86. The number of hydrogen-bond acceptors (Lipinski definition) is 0. The maximum Gasteiger partial charge on any atom is 0.0406 e. The van der Waals surface area contributed by atoms with E-state index in [4.69, 9.17) is 11.6 Å². The normalized spacial score (nSPS) is 19.8. The van der Waals surface area contributed by atoms with Crippen LogP contribution in [0.1, 0.15) is 37.7 Å². The summed E-state index contributed by atoms with van der Waals surface area (Å²) < 4.78 is 0. The Hall–Kier alpha value is -0.750. The highest BCUT2D eigenvalue weighted by Crippen LogP contribution is 2.40. The molecule has 0 bridgehead atoms. The molecule has 0 unspecified atom stereocenters. The highest BCUT2D eigenvalue weighted by molar-refractivity contribution is 6.30. The van der Waals surface area contributed by atoms with Crippen LogP contribution in [0, 0.1) is 0 Å². The second kappa shape index (κ2) is 4.40. The van der Waals surface area contributed by atoms with Crippen LogP contribution in [0.5, 0.6) is 0 Å². The van der Waals surface area contributed by atoms with Gasteiger partial charge in [0.2, 0.25) is 0 Å². The molecule has 0 spiro atoms. The summed E-state index contributed by atoms with van der Waals surface area (Å²) in [5.74, 6) is 0. The number of rotatable bonds is 2. The number of hydrogen-bond donors (Lipinski definition) is 0. The van der Waals surface area contributed by atoms with Gasteiger partial charge in [0, 0.05) is 10.4 Å². The molecule has 15 heavy (non-hydrogen) atoms. The van der Waals surface area contributed by atoms with Gasteiger partial charge in [0.15, 0.2) is 0 Å². The SMILES string of the molecule is C=CC1(c2ccc(Cl)cc2)CCCCC1. The molecule has 2 rings (SSSR count). The second-order valence-electron chi connectivity index (χ2n) is 4.43. The van der Waals surface area contributed by atoms with Gasteiger partial charge in [-0.25, -0.2) is 0 Å². The Bertz CT molecular complexity index is 331. The topological polar surface area (TPSA) is 0 Å². The molecule has 0 nitrogen and oxygen atoms in total. The number of benzene rings is 1. The summed E-state index contributed by atoms with van der Waals surface area (Å²) in [6.07, 6.45) is 8.60. The summed E-state index contributed by atoms with van der Waals surface area (Å²) in [5.41, 5.74) is 1.59. The summed E-state index contributed by atoms with van der Waals surface area (Å²) in [4.78, 5) is 0. The molecule has 1 fully saturated rings. The smallest absolute Gasteiger partial charge is 0.0406 e. The minimum Gasteiger partial charge on any atom is -0.102 e. The largest absolute Gasteiger partial charge is 0.102 e. The Labute approximate surface area is 97.0 Å². The third-order valence-electron chi connectivity index (χ3n) is 3.56. The highest BCUT2D eigenvalue weighted by atomic mass is 35.5. The molecule has 1 aromatic rings. The van der Waals surface area contributed by atoms with Crippen molar-refractivity contribution in [1.82, 2.24) is 0 Å². The Balaban J connectivity index is 2.32. The molecule has 80 valence electrons. The first-order chi connectivity index (χ1) is 7.27. The molecule has 0 atom stereocenters. The molecule has 0 radical (unpaired) electrons. The van der Waals surface area contributed by atoms with Crippen LogP contribution in [0.3, 0.4) is 0 Å². The van der Waals surface area contributed by atoms with Gasteiger partial charge in [0.1, 0.15) is 0 Å². The zero-order valence-corrected chi connectivity index (χ0v) is 9.76. The van der Waals surface area contributed by atoms with E-state index in [-0.39, 0.29) is 5.41 Å². The Morgan fingerprint density at radius 3 is 2.20 bits per heavy atom. The van der Waals surface area contributed by atoms with Crippen molar-refractivity contribution in [2.45, 2.75) is 37.5 Å². The molecule has 1 saturated carbocycles. The van der Waals surface area contributed by atoms with Gasteiger partial charge in [-0.15, -0.1) is 6.58 Å². The molecule has 1 aliphatic rings. The Kier molecular flexibility index (Phi) is 3.16. The van der Waals surface area contributed by atoms with Crippen LogP contribution < -0.4 is 0 Å². The molecular formula is C14H17Cl. The minimum atomic E-state index is 0.211. The molecule has 0 aliphatic heterocycles. The molecule has 1 aliphatic carbocycles. The van der Waals surface area contributed by atoms with Crippen molar-refractivity contribution in [2.75, 3.05) is 0 Å². The van der Waals surface area contributed by atoms with Crippen molar-refractivity contribution in [3.63, 3.8) is 0 Å². The van der Waals surface area contributed by atoms with Crippen molar-refractivity contribution in [1.29, 1.82) is 0 Å². The van der Waals surface area contributed by atoms with Crippen molar-refractivity contribution >= 4 is 11.6 Å². The first-order valence-electron chi connectivity index (χ1n) is 5.66. The summed E-state index contributed by atoms with van der Waals surface area (Å²) in [6.45, 7) is 4.02. The van der Waals surface area contributed by atoms with Crippen molar-refractivity contribution in [3.05, 3.63) is 47.5 Å². The standard InChI is InChI=1S/C14H17Cl/c1-2-14(10-4-3-5-11-14)12-6-8-13(15)9-7-12/h2,6-9H,1,3-5,10-11H2. The van der Waals surface area contributed by atoms with Crippen LogP contribution in [0.2, 0.25) is 5.02 Å². The third-order valence-corrected chi connectivity index (χ3v) is 3.81. The van der Waals surface area contributed by atoms with Crippen LogP contribution in [-0.4, -0.2) is 0 Å². The first kappa shape index (κ1) is 10.8. The zero-order valence-electron chi connectivity index (χ0n) is 9.01. The lowest BCUT2D eigenvalue weighted by Crippen LogP contribution is -2.26. The first-order valence-corrected chi connectivity index (χ1v) is 6.04. The predicted molar refractivity (Wildman–Crippen MR) is 66.4 cm³/mol. The predicted octanol–water partition coefficient (Wildman–Crippen LogP) is 4.73. The maximum atomic E-state index is 5.91. The third kappa shape index (κ3) is 2.10. The van der Waals surface area contributed by atoms with Gasteiger partial charge in [0.05, 0.1) is 0 Å². The average molecular weight is 221 g/mol. The van der Waals surface area contributed by atoms with E-state index >= 15 is 0 Å². The molecule has 0 N–H and O–H groups in total. The van der Waals surface area contributed by atoms with E-state index in [1.165, 1.54) is 37.7 Å². The van der Waals surface area contributed by atoms with Gasteiger partial charge in [0.25, 0.3) is 0 Å². The lowest BCUT2D eigenvalue weighted by atomic mass is 9.70. The molecule has 0 aromatic heterocycles. The fourth-order valence-corrected chi connectivity index (χ4v) is 2.70. The van der Waals surface area contributed by atoms with Gasteiger partial charge in [-0.05, 0) is 30.5 Å². The minimum absolute atomic E-state index is 0.211. The Morgan fingerprint density at radius 2 is 1.67 bits per heavy atom. The number of allylic oxidation sites excluding steroid dienone is 1. The molecule has 0 saturated heterocycles. The molecule has 0 heterocycles. The van der Waals surface area contributed by atoms with Gasteiger partial charge in [-0.3, -0.25) is 0 Å². The summed E-state index contributed by atoms with van der Waals surface area (Å²) in [6, 6.07) is 8.26. The van der Waals surface area contributed by atoms with Crippen molar-refractivity contribution in [3.8, 4) is 0 Å². The quantitative estimate of drug-likeness (QED) is 0.633. The molecule has 1 aromatic carbocycles. The van der Waals surface area contributed by atoms with Gasteiger partial charge < -0.3 is 0 Å². The lowest BCUT2D eigenvalue weighted by Gasteiger charge is -2.35.